The van der Waals surface area contributed by atoms with Gasteiger partial charge in [-0.3, -0.25) is 4.72 Å². The van der Waals surface area contributed by atoms with Crippen molar-refractivity contribution in [2.24, 2.45) is 0 Å². The first-order valence-electron chi connectivity index (χ1n) is 4.64. The summed E-state index contributed by atoms with van der Waals surface area (Å²) >= 11 is 3.21. The van der Waals surface area contributed by atoms with Crippen LogP contribution < -0.4 is 4.72 Å². The molecule has 1 aromatic rings. The molecule has 0 aliphatic heterocycles. The fraction of sp³-hybridized carbons (Fsp3) is 0.400. The summed E-state index contributed by atoms with van der Waals surface area (Å²) in [6.07, 6.45) is 0. The topological polar surface area (TPSA) is 66.4 Å². The van der Waals surface area contributed by atoms with E-state index in [1.165, 1.54) is 12.1 Å². The molecule has 0 unspecified atom stereocenters. The van der Waals surface area contributed by atoms with E-state index >= 15 is 0 Å². The van der Waals surface area contributed by atoms with Crippen molar-refractivity contribution in [3.05, 3.63) is 22.7 Å². The lowest BCUT2D eigenvalue weighted by Gasteiger charge is -2.20. The van der Waals surface area contributed by atoms with Crippen LogP contribution in [0.2, 0.25) is 0 Å². The minimum absolute atomic E-state index is 0.101. The molecule has 2 N–H and O–H groups in total. The van der Waals surface area contributed by atoms with Crippen LogP contribution in [0.15, 0.2) is 22.7 Å². The molecular formula is C10H14BrNO3S. The van der Waals surface area contributed by atoms with E-state index in [4.69, 9.17) is 0 Å². The lowest BCUT2D eigenvalue weighted by molar-refractivity contribution is 0.477. The Morgan fingerprint density at radius 3 is 2.38 bits per heavy atom. The molecule has 0 bridgehead atoms. The summed E-state index contributed by atoms with van der Waals surface area (Å²) < 4.78 is 25.8. The second-order valence-corrected chi connectivity index (χ2v) is 7.73. The number of hydrogen-bond acceptors (Lipinski definition) is 3. The molecule has 16 heavy (non-hydrogen) atoms. The Labute approximate surface area is 104 Å². The van der Waals surface area contributed by atoms with Gasteiger partial charge in [-0.25, -0.2) is 8.42 Å². The van der Waals surface area contributed by atoms with Crippen LogP contribution in [0.1, 0.15) is 20.8 Å². The summed E-state index contributed by atoms with van der Waals surface area (Å²) in [5, 5.41) is 9.52. The van der Waals surface area contributed by atoms with Crippen LogP contribution in [0, 0.1) is 0 Å². The van der Waals surface area contributed by atoms with Crippen LogP contribution in [0.25, 0.3) is 0 Å². The molecule has 1 aromatic carbocycles. The summed E-state index contributed by atoms with van der Waals surface area (Å²) in [7, 11) is -3.52. The lowest BCUT2D eigenvalue weighted by Crippen LogP contribution is -2.33. The van der Waals surface area contributed by atoms with Gasteiger partial charge in [0.2, 0.25) is 10.0 Å². The molecule has 0 fully saturated rings. The third-order valence-electron chi connectivity index (χ3n) is 2.01. The SMILES string of the molecule is CC(C)(C)S(=O)(=O)Nc1cc(Br)ccc1O. The number of anilines is 1. The zero-order chi connectivity index (χ0) is 12.6. The summed E-state index contributed by atoms with van der Waals surface area (Å²) in [5.74, 6) is -0.101. The fourth-order valence-electron chi connectivity index (χ4n) is 0.888. The van der Waals surface area contributed by atoms with Gasteiger partial charge in [-0.05, 0) is 39.0 Å². The Bertz CT molecular complexity index is 491. The molecule has 90 valence electrons. The van der Waals surface area contributed by atoms with Gasteiger partial charge in [0.05, 0.1) is 10.4 Å². The number of aromatic hydroxyl groups is 1. The van der Waals surface area contributed by atoms with Crippen molar-refractivity contribution < 1.29 is 13.5 Å². The Morgan fingerprint density at radius 1 is 1.31 bits per heavy atom. The van der Waals surface area contributed by atoms with Gasteiger partial charge < -0.3 is 5.11 Å². The lowest BCUT2D eigenvalue weighted by atomic mass is 10.3. The number of phenols is 1. The van der Waals surface area contributed by atoms with Crippen LogP contribution in [0.5, 0.6) is 5.75 Å². The van der Waals surface area contributed by atoms with E-state index in [-0.39, 0.29) is 11.4 Å². The van der Waals surface area contributed by atoms with Gasteiger partial charge in [0.15, 0.2) is 0 Å². The maximum absolute atomic E-state index is 11.8. The van der Waals surface area contributed by atoms with Gasteiger partial charge in [-0.1, -0.05) is 15.9 Å². The van der Waals surface area contributed by atoms with Crippen molar-refractivity contribution in [1.82, 2.24) is 0 Å². The molecule has 6 heteroatoms. The molecule has 0 atom stereocenters. The van der Waals surface area contributed by atoms with Crippen molar-refractivity contribution in [3.8, 4) is 5.75 Å². The molecule has 0 amide bonds. The van der Waals surface area contributed by atoms with Gasteiger partial charge in [-0.15, -0.1) is 0 Å². The average molecular weight is 308 g/mol. The zero-order valence-corrected chi connectivity index (χ0v) is 11.7. The molecule has 0 spiro atoms. The number of phenolic OH excluding ortho intramolecular Hbond substituents is 1. The van der Waals surface area contributed by atoms with Crippen molar-refractivity contribution in [2.45, 2.75) is 25.5 Å². The molecule has 1 rings (SSSR count). The first-order chi connectivity index (χ1) is 7.13. The predicted molar refractivity (Wildman–Crippen MR) is 68.1 cm³/mol. The van der Waals surface area contributed by atoms with E-state index in [0.29, 0.717) is 4.47 Å². The number of hydrogen-bond donors (Lipinski definition) is 2. The van der Waals surface area contributed by atoms with Gasteiger partial charge in [0.1, 0.15) is 5.75 Å². The molecule has 0 aliphatic carbocycles. The molecular weight excluding hydrogens is 294 g/mol. The monoisotopic (exact) mass is 307 g/mol. The minimum atomic E-state index is -3.52. The maximum atomic E-state index is 11.8. The van der Waals surface area contributed by atoms with Crippen molar-refractivity contribution in [1.29, 1.82) is 0 Å². The Kier molecular flexibility index (Phi) is 3.54. The summed E-state index contributed by atoms with van der Waals surface area (Å²) in [5.41, 5.74) is 0.171. The first kappa shape index (κ1) is 13.3. The second kappa shape index (κ2) is 4.25. The van der Waals surface area contributed by atoms with E-state index in [1.807, 2.05) is 0 Å². The number of benzene rings is 1. The largest absolute Gasteiger partial charge is 0.506 e. The highest BCUT2D eigenvalue weighted by atomic mass is 79.9. The van der Waals surface area contributed by atoms with Gasteiger partial charge in [0.25, 0.3) is 0 Å². The molecule has 0 radical (unpaired) electrons. The highest BCUT2D eigenvalue weighted by molar-refractivity contribution is 9.10. The third-order valence-corrected chi connectivity index (χ3v) is 4.60. The van der Waals surface area contributed by atoms with Crippen LogP contribution in [-0.4, -0.2) is 18.3 Å². The Morgan fingerprint density at radius 2 is 1.88 bits per heavy atom. The summed E-state index contributed by atoms with van der Waals surface area (Å²) in [4.78, 5) is 0. The van der Waals surface area contributed by atoms with E-state index in [0.717, 1.165) is 0 Å². The number of halogens is 1. The molecule has 0 aromatic heterocycles. The molecule has 0 saturated heterocycles. The standard InChI is InChI=1S/C10H14BrNO3S/c1-10(2,3)16(14,15)12-8-6-7(11)4-5-9(8)13/h4-6,12-13H,1-3H3. The number of nitrogens with one attached hydrogen (secondary N) is 1. The number of sulfonamides is 1. The zero-order valence-electron chi connectivity index (χ0n) is 9.28. The highest BCUT2D eigenvalue weighted by Gasteiger charge is 2.29. The highest BCUT2D eigenvalue weighted by Crippen LogP contribution is 2.29. The van der Waals surface area contributed by atoms with E-state index < -0.39 is 14.8 Å². The molecule has 0 heterocycles. The van der Waals surface area contributed by atoms with Gasteiger partial charge >= 0.3 is 0 Å². The molecule has 4 nitrogen and oxygen atoms in total. The van der Waals surface area contributed by atoms with E-state index in [1.54, 1.807) is 26.8 Å². The Balaban J connectivity index is 3.11. The second-order valence-electron chi connectivity index (χ2n) is 4.38. The maximum Gasteiger partial charge on any atom is 0.237 e. The van der Waals surface area contributed by atoms with Gasteiger partial charge in [0, 0.05) is 4.47 Å². The summed E-state index contributed by atoms with van der Waals surface area (Å²) in [6.45, 7) is 4.76. The van der Waals surface area contributed by atoms with Gasteiger partial charge in [-0.2, -0.15) is 0 Å². The van der Waals surface area contributed by atoms with Crippen LogP contribution >= 0.6 is 15.9 Å². The minimum Gasteiger partial charge on any atom is -0.506 e. The van der Waals surface area contributed by atoms with Crippen LogP contribution in [-0.2, 0) is 10.0 Å². The van der Waals surface area contributed by atoms with Crippen molar-refractivity contribution >= 4 is 31.6 Å². The first-order valence-corrected chi connectivity index (χ1v) is 6.92. The smallest absolute Gasteiger partial charge is 0.237 e. The normalized spacial score (nSPS) is 12.5. The summed E-state index contributed by atoms with van der Waals surface area (Å²) in [6, 6.07) is 4.56. The van der Waals surface area contributed by atoms with Crippen molar-refractivity contribution in [2.75, 3.05) is 4.72 Å². The Hall–Kier alpha value is -0.750. The van der Waals surface area contributed by atoms with Crippen molar-refractivity contribution in [3.63, 3.8) is 0 Å². The van der Waals surface area contributed by atoms with Crippen LogP contribution in [0.4, 0.5) is 5.69 Å². The van der Waals surface area contributed by atoms with Crippen LogP contribution in [0.3, 0.4) is 0 Å². The third kappa shape index (κ3) is 2.89. The number of rotatable bonds is 2. The van der Waals surface area contributed by atoms with E-state index in [2.05, 4.69) is 20.7 Å². The average Bonchev–Trinajstić information content (AvgIpc) is 2.09. The molecule has 0 saturated carbocycles. The quantitative estimate of drug-likeness (QED) is 0.826. The fourth-order valence-corrected chi connectivity index (χ4v) is 2.01. The molecule has 0 aliphatic rings. The predicted octanol–water partition coefficient (Wildman–Crippen LogP) is 2.69. The van der Waals surface area contributed by atoms with E-state index in [9.17, 15) is 13.5 Å².